The van der Waals surface area contributed by atoms with Crippen molar-refractivity contribution in [3.8, 4) is 0 Å². The Bertz CT molecular complexity index is 964. The number of amides is 1. The predicted molar refractivity (Wildman–Crippen MR) is 107 cm³/mol. The highest BCUT2D eigenvalue weighted by Gasteiger charge is 2.33. The number of carbonyl (C=O) groups is 1. The molecule has 1 aromatic heterocycles. The molecule has 5 nitrogen and oxygen atoms in total. The van der Waals surface area contributed by atoms with E-state index in [-0.39, 0.29) is 11.6 Å². The van der Waals surface area contributed by atoms with Gasteiger partial charge in [-0.1, -0.05) is 0 Å². The molecule has 1 aromatic carbocycles. The van der Waals surface area contributed by atoms with Crippen molar-refractivity contribution in [3.63, 3.8) is 0 Å². The van der Waals surface area contributed by atoms with Crippen LogP contribution in [0.25, 0.3) is 6.08 Å². The molecule has 0 saturated carbocycles. The summed E-state index contributed by atoms with van der Waals surface area (Å²) in [6.07, 6.45) is 3.98. The number of furan rings is 1. The lowest BCUT2D eigenvalue weighted by Gasteiger charge is -2.12. The number of anilines is 1. The zero-order chi connectivity index (χ0) is 19.7. The first kappa shape index (κ1) is 18.7. The highest BCUT2D eigenvalue weighted by atomic mass is 32.2. The van der Waals surface area contributed by atoms with Gasteiger partial charge in [0, 0.05) is 37.8 Å². The molecule has 0 unspecified atom stereocenters. The van der Waals surface area contributed by atoms with Gasteiger partial charge in [0.05, 0.1) is 4.91 Å². The molecule has 3 heterocycles. The molecule has 4 rings (SSSR count). The van der Waals surface area contributed by atoms with Crippen LogP contribution in [0.1, 0.15) is 25.5 Å². The van der Waals surface area contributed by atoms with Crippen molar-refractivity contribution in [2.75, 3.05) is 24.5 Å². The van der Waals surface area contributed by atoms with E-state index in [9.17, 15) is 13.6 Å². The maximum absolute atomic E-state index is 13.9. The first-order chi connectivity index (χ1) is 13.5. The lowest BCUT2D eigenvalue weighted by atomic mass is 10.3. The second-order valence-corrected chi connectivity index (χ2v) is 7.53. The van der Waals surface area contributed by atoms with Crippen molar-refractivity contribution >= 4 is 40.5 Å². The fraction of sp³-hybridized carbons (Fsp3) is 0.300. The summed E-state index contributed by atoms with van der Waals surface area (Å²) in [4.78, 5) is 21.0. The maximum atomic E-state index is 13.9. The summed E-state index contributed by atoms with van der Waals surface area (Å²) in [5.74, 6) is -0.267. The zero-order valence-electron chi connectivity index (χ0n) is 15.3. The topological polar surface area (TPSA) is 49.1 Å². The molecule has 2 aromatic rings. The summed E-state index contributed by atoms with van der Waals surface area (Å²) in [5.41, 5.74) is -0.00859. The van der Waals surface area contributed by atoms with Crippen molar-refractivity contribution in [2.24, 2.45) is 4.99 Å². The molecule has 0 spiro atoms. The van der Waals surface area contributed by atoms with Crippen molar-refractivity contribution in [1.82, 2.24) is 4.90 Å². The average Bonchev–Trinajstić information content (AvgIpc) is 3.39. The number of benzene rings is 1. The van der Waals surface area contributed by atoms with E-state index >= 15 is 0 Å². The van der Waals surface area contributed by atoms with Gasteiger partial charge in [0.25, 0.3) is 5.91 Å². The molecule has 2 fully saturated rings. The molecule has 0 aliphatic carbocycles. The highest BCUT2D eigenvalue weighted by molar-refractivity contribution is 8.18. The largest absolute Gasteiger partial charge is 0.441 e. The van der Waals surface area contributed by atoms with Gasteiger partial charge in [0.15, 0.2) is 16.9 Å². The number of aliphatic imine (C=N–C) groups is 1. The van der Waals surface area contributed by atoms with E-state index in [0.29, 0.717) is 22.4 Å². The number of amidine groups is 1. The lowest BCUT2D eigenvalue weighted by molar-refractivity contribution is -0.122. The number of halogens is 2. The molecule has 2 aliphatic rings. The minimum absolute atomic E-state index is 0.00859. The Hall–Kier alpha value is -2.61. The number of carbonyl (C=O) groups excluding carboxylic acids is 1. The number of thioether (sulfide) groups is 1. The van der Waals surface area contributed by atoms with E-state index in [0.717, 1.165) is 55.7 Å². The van der Waals surface area contributed by atoms with Crippen LogP contribution >= 0.6 is 11.8 Å². The Morgan fingerprint density at radius 1 is 1.21 bits per heavy atom. The molecule has 0 N–H and O–H groups in total. The summed E-state index contributed by atoms with van der Waals surface area (Å²) in [7, 11) is 0. The highest BCUT2D eigenvalue weighted by Crippen LogP contribution is 2.35. The normalized spacial score (nSPS) is 20.2. The van der Waals surface area contributed by atoms with Crippen LogP contribution in [0.15, 0.2) is 44.6 Å². The van der Waals surface area contributed by atoms with E-state index in [1.54, 1.807) is 6.08 Å². The summed E-state index contributed by atoms with van der Waals surface area (Å²) >= 11 is 1.15. The van der Waals surface area contributed by atoms with Crippen LogP contribution in [0, 0.1) is 11.6 Å². The number of hydrogen-bond donors (Lipinski definition) is 0. The Balaban J connectivity index is 1.60. The molecule has 0 radical (unpaired) electrons. The number of likely N-dealkylation sites (N-methyl/N-ethyl adjacent to an activating group) is 1. The van der Waals surface area contributed by atoms with E-state index in [1.165, 1.54) is 11.0 Å². The number of rotatable bonds is 4. The van der Waals surface area contributed by atoms with Crippen LogP contribution in [-0.4, -0.2) is 35.6 Å². The average molecular weight is 403 g/mol. The first-order valence-electron chi connectivity index (χ1n) is 9.15. The smallest absolute Gasteiger partial charge is 0.266 e. The lowest BCUT2D eigenvalue weighted by Crippen LogP contribution is -2.28. The van der Waals surface area contributed by atoms with Gasteiger partial charge in [-0.2, -0.15) is 0 Å². The molecule has 2 aliphatic heterocycles. The van der Waals surface area contributed by atoms with Gasteiger partial charge in [0.1, 0.15) is 17.3 Å². The standard InChI is InChI=1S/C20H19F2N3O2S/c1-2-25-19(26)17(12-14-6-8-18(27-14)24-9-3-4-10-24)28-20(25)23-16-7-5-13(21)11-15(16)22/h5-8,11-12H,2-4,9-10H2,1H3/b17-12+,23-20?. The molecule has 0 bridgehead atoms. The SMILES string of the molecule is CCN1C(=O)/C(=C\c2ccc(N3CCCC3)o2)SC1=Nc1ccc(F)cc1F. The Morgan fingerprint density at radius 2 is 2.00 bits per heavy atom. The Labute approximate surface area is 165 Å². The van der Waals surface area contributed by atoms with Crippen LogP contribution in [0.4, 0.5) is 20.4 Å². The second kappa shape index (κ2) is 7.79. The molecular weight excluding hydrogens is 384 g/mol. The van der Waals surface area contributed by atoms with Crippen molar-refractivity contribution in [1.29, 1.82) is 0 Å². The molecule has 8 heteroatoms. The number of hydrogen-bond acceptors (Lipinski definition) is 5. The van der Waals surface area contributed by atoms with Gasteiger partial charge in [-0.25, -0.2) is 13.8 Å². The molecule has 146 valence electrons. The summed E-state index contributed by atoms with van der Waals surface area (Å²) in [5, 5.41) is 0.357. The van der Waals surface area contributed by atoms with E-state index in [2.05, 4.69) is 9.89 Å². The van der Waals surface area contributed by atoms with Crippen LogP contribution in [-0.2, 0) is 4.79 Å². The van der Waals surface area contributed by atoms with E-state index in [1.807, 2.05) is 19.1 Å². The number of nitrogens with zero attached hydrogens (tertiary/aromatic N) is 3. The van der Waals surface area contributed by atoms with Gasteiger partial charge in [-0.05, 0) is 49.7 Å². The van der Waals surface area contributed by atoms with Crippen molar-refractivity contribution < 1.29 is 18.0 Å². The van der Waals surface area contributed by atoms with Gasteiger partial charge in [-0.15, -0.1) is 0 Å². The fourth-order valence-electron chi connectivity index (χ4n) is 3.20. The van der Waals surface area contributed by atoms with Crippen molar-refractivity contribution in [3.05, 3.63) is 52.6 Å². The van der Waals surface area contributed by atoms with E-state index in [4.69, 9.17) is 4.42 Å². The first-order valence-corrected chi connectivity index (χ1v) is 9.96. The van der Waals surface area contributed by atoms with Crippen LogP contribution in [0.5, 0.6) is 0 Å². The van der Waals surface area contributed by atoms with Crippen LogP contribution in [0.3, 0.4) is 0 Å². The molecule has 1 amide bonds. The third kappa shape index (κ3) is 3.69. The summed E-state index contributed by atoms with van der Waals surface area (Å²) in [6, 6.07) is 6.91. The van der Waals surface area contributed by atoms with E-state index < -0.39 is 11.6 Å². The van der Waals surface area contributed by atoms with Crippen molar-refractivity contribution in [2.45, 2.75) is 19.8 Å². The third-order valence-electron chi connectivity index (χ3n) is 4.63. The summed E-state index contributed by atoms with van der Waals surface area (Å²) < 4.78 is 32.9. The molecule has 28 heavy (non-hydrogen) atoms. The second-order valence-electron chi connectivity index (χ2n) is 6.52. The molecular formula is C20H19F2N3O2S. The Morgan fingerprint density at radius 3 is 2.71 bits per heavy atom. The van der Waals surface area contributed by atoms with Gasteiger partial charge in [-0.3, -0.25) is 9.69 Å². The quantitative estimate of drug-likeness (QED) is 0.690. The van der Waals surface area contributed by atoms with Gasteiger partial charge >= 0.3 is 0 Å². The summed E-state index contributed by atoms with van der Waals surface area (Å²) in [6.45, 7) is 4.15. The van der Waals surface area contributed by atoms with Gasteiger partial charge < -0.3 is 9.32 Å². The monoisotopic (exact) mass is 403 g/mol. The fourth-order valence-corrected chi connectivity index (χ4v) is 4.24. The molecule has 0 atom stereocenters. The maximum Gasteiger partial charge on any atom is 0.266 e. The minimum Gasteiger partial charge on any atom is -0.441 e. The van der Waals surface area contributed by atoms with Crippen LogP contribution in [0.2, 0.25) is 0 Å². The molecule has 2 saturated heterocycles. The minimum atomic E-state index is -0.768. The third-order valence-corrected chi connectivity index (χ3v) is 5.64. The Kier molecular flexibility index (Phi) is 5.21. The van der Waals surface area contributed by atoms with Gasteiger partial charge in [0.2, 0.25) is 0 Å². The predicted octanol–water partition coefficient (Wildman–Crippen LogP) is 4.78. The zero-order valence-corrected chi connectivity index (χ0v) is 16.1. The van der Waals surface area contributed by atoms with Crippen LogP contribution < -0.4 is 4.90 Å².